The molecule has 1 aromatic carbocycles. The van der Waals surface area contributed by atoms with E-state index in [0.717, 1.165) is 11.3 Å². The first-order valence-corrected chi connectivity index (χ1v) is 7.52. The maximum atomic E-state index is 12.4. The van der Waals surface area contributed by atoms with Gasteiger partial charge in [0.25, 0.3) is 0 Å². The third-order valence-electron chi connectivity index (χ3n) is 3.53. The zero-order valence-corrected chi connectivity index (χ0v) is 14.0. The predicted molar refractivity (Wildman–Crippen MR) is 86.6 cm³/mol. The summed E-state index contributed by atoms with van der Waals surface area (Å²) in [5.41, 5.74) is 1.76. The lowest BCUT2D eigenvalue weighted by atomic mass is 9.97. The molecule has 0 aliphatic heterocycles. The van der Waals surface area contributed by atoms with Crippen molar-refractivity contribution in [1.82, 2.24) is 9.88 Å². The van der Waals surface area contributed by atoms with Crippen LogP contribution in [0, 0.1) is 6.92 Å². The van der Waals surface area contributed by atoms with Gasteiger partial charge in [-0.3, -0.25) is 4.79 Å². The highest BCUT2D eigenvalue weighted by molar-refractivity contribution is 5.78. The first kappa shape index (κ1) is 16.3. The zero-order chi connectivity index (χ0) is 16.3. The molecule has 2 aromatic rings. The minimum Gasteiger partial charge on any atom is -0.444 e. The molecule has 118 valence electrons. The summed E-state index contributed by atoms with van der Waals surface area (Å²) in [4.78, 5) is 18.5. The van der Waals surface area contributed by atoms with Gasteiger partial charge in [0, 0.05) is 19.0 Å². The Morgan fingerprint density at radius 2 is 1.86 bits per heavy atom. The maximum absolute atomic E-state index is 12.4. The summed E-state index contributed by atoms with van der Waals surface area (Å²) < 4.78 is 5.79. The van der Waals surface area contributed by atoms with Gasteiger partial charge in [-0.25, -0.2) is 4.98 Å². The lowest BCUT2D eigenvalue weighted by molar-refractivity contribution is -0.130. The van der Waals surface area contributed by atoms with Crippen LogP contribution in [0.1, 0.15) is 43.7 Å². The van der Waals surface area contributed by atoms with E-state index in [-0.39, 0.29) is 17.7 Å². The standard InChI is InChI=1S/C18H24N2O2/c1-13-15(22-17(19-13)18(2,3)4)11-16(21)20(5)12-14-9-7-6-8-10-14/h6-10H,11-12H2,1-5H3. The third-order valence-corrected chi connectivity index (χ3v) is 3.53. The Morgan fingerprint density at radius 1 is 1.23 bits per heavy atom. The van der Waals surface area contributed by atoms with E-state index in [9.17, 15) is 4.79 Å². The molecule has 4 nitrogen and oxygen atoms in total. The Kier molecular flexibility index (Phi) is 4.69. The fourth-order valence-electron chi connectivity index (χ4n) is 2.13. The SMILES string of the molecule is Cc1nc(C(C)(C)C)oc1CC(=O)N(C)Cc1ccccc1. The largest absolute Gasteiger partial charge is 0.444 e. The summed E-state index contributed by atoms with van der Waals surface area (Å²) in [6, 6.07) is 9.95. The van der Waals surface area contributed by atoms with Crippen molar-refractivity contribution in [2.45, 2.75) is 46.1 Å². The molecule has 2 rings (SSSR count). The molecular formula is C18H24N2O2. The normalized spacial score (nSPS) is 11.5. The van der Waals surface area contributed by atoms with Crippen molar-refractivity contribution in [2.24, 2.45) is 0 Å². The number of amides is 1. The lowest BCUT2D eigenvalue weighted by Crippen LogP contribution is -2.27. The molecule has 0 N–H and O–H groups in total. The first-order chi connectivity index (χ1) is 10.3. The molecule has 0 radical (unpaired) electrons. The van der Waals surface area contributed by atoms with Gasteiger partial charge in [-0.15, -0.1) is 0 Å². The van der Waals surface area contributed by atoms with Crippen LogP contribution in [0.15, 0.2) is 34.7 Å². The fourth-order valence-corrected chi connectivity index (χ4v) is 2.13. The van der Waals surface area contributed by atoms with Gasteiger partial charge in [-0.2, -0.15) is 0 Å². The van der Waals surface area contributed by atoms with E-state index in [0.29, 0.717) is 18.2 Å². The molecule has 0 unspecified atom stereocenters. The van der Waals surface area contributed by atoms with Crippen LogP contribution in [0.4, 0.5) is 0 Å². The molecule has 1 amide bonds. The number of oxazole rings is 1. The summed E-state index contributed by atoms with van der Waals surface area (Å²) in [7, 11) is 1.81. The molecule has 0 atom stereocenters. The number of rotatable bonds is 4. The van der Waals surface area contributed by atoms with Crippen LogP contribution in [0.25, 0.3) is 0 Å². The van der Waals surface area contributed by atoms with E-state index in [1.807, 2.05) is 65.1 Å². The Morgan fingerprint density at radius 3 is 2.41 bits per heavy atom. The average Bonchev–Trinajstić information content (AvgIpc) is 2.81. The van der Waals surface area contributed by atoms with Gasteiger partial charge in [-0.05, 0) is 12.5 Å². The van der Waals surface area contributed by atoms with Crippen molar-refractivity contribution in [3.05, 3.63) is 53.2 Å². The van der Waals surface area contributed by atoms with Crippen molar-refractivity contribution in [2.75, 3.05) is 7.05 Å². The van der Waals surface area contributed by atoms with E-state index in [1.54, 1.807) is 4.90 Å². The average molecular weight is 300 g/mol. The molecular weight excluding hydrogens is 276 g/mol. The van der Waals surface area contributed by atoms with E-state index < -0.39 is 0 Å². The van der Waals surface area contributed by atoms with E-state index in [2.05, 4.69) is 4.98 Å². The number of hydrogen-bond donors (Lipinski definition) is 0. The van der Waals surface area contributed by atoms with Gasteiger partial charge in [0.05, 0.1) is 12.1 Å². The smallest absolute Gasteiger partial charge is 0.230 e. The number of nitrogens with zero attached hydrogens (tertiary/aromatic N) is 2. The third kappa shape index (κ3) is 3.97. The van der Waals surface area contributed by atoms with Gasteiger partial charge in [-0.1, -0.05) is 51.1 Å². The number of likely N-dealkylation sites (N-methyl/N-ethyl adjacent to an activating group) is 1. The zero-order valence-electron chi connectivity index (χ0n) is 14.0. The number of hydrogen-bond acceptors (Lipinski definition) is 3. The summed E-state index contributed by atoms with van der Waals surface area (Å²) in [6.45, 7) is 8.62. The summed E-state index contributed by atoms with van der Waals surface area (Å²) in [5.74, 6) is 1.37. The second kappa shape index (κ2) is 6.34. The molecule has 22 heavy (non-hydrogen) atoms. The van der Waals surface area contributed by atoms with Crippen molar-refractivity contribution < 1.29 is 9.21 Å². The Labute approximate surface area is 132 Å². The van der Waals surface area contributed by atoms with Crippen LogP contribution < -0.4 is 0 Å². The van der Waals surface area contributed by atoms with Gasteiger partial charge in [0.15, 0.2) is 5.89 Å². The predicted octanol–water partition coefficient (Wildman–Crippen LogP) is 3.48. The van der Waals surface area contributed by atoms with Gasteiger partial charge in [0.2, 0.25) is 5.91 Å². The molecule has 0 saturated carbocycles. The van der Waals surface area contributed by atoms with Gasteiger partial charge in [0.1, 0.15) is 5.76 Å². The second-order valence-corrected chi connectivity index (χ2v) is 6.69. The van der Waals surface area contributed by atoms with E-state index in [4.69, 9.17) is 4.42 Å². The Hall–Kier alpha value is -2.10. The highest BCUT2D eigenvalue weighted by Gasteiger charge is 2.23. The van der Waals surface area contributed by atoms with Crippen molar-refractivity contribution in [1.29, 1.82) is 0 Å². The Bertz CT molecular complexity index is 639. The highest BCUT2D eigenvalue weighted by atomic mass is 16.4. The van der Waals surface area contributed by atoms with Crippen LogP contribution in [0.2, 0.25) is 0 Å². The number of carbonyl (C=O) groups excluding carboxylic acids is 1. The van der Waals surface area contributed by atoms with Crippen LogP contribution in [0.5, 0.6) is 0 Å². The number of carbonyl (C=O) groups is 1. The van der Waals surface area contributed by atoms with Crippen LogP contribution >= 0.6 is 0 Å². The Balaban J connectivity index is 2.04. The molecule has 0 saturated heterocycles. The van der Waals surface area contributed by atoms with E-state index in [1.165, 1.54) is 0 Å². The van der Waals surface area contributed by atoms with Crippen molar-refractivity contribution >= 4 is 5.91 Å². The van der Waals surface area contributed by atoms with Gasteiger partial charge >= 0.3 is 0 Å². The summed E-state index contributed by atoms with van der Waals surface area (Å²) in [5, 5.41) is 0. The van der Waals surface area contributed by atoms with Crippen LogP contribution in [-0.2, 0) is 23.2 Å². The number of aromatic nitrogens is 1. The fraction of sp³-hybridized carbons (Fsp3) is 0.444. The maximum Gasteiger partial charge on any atom is 0.230 e. The monoisotopic (exact) mass is 300 g/mol. The lowest BCUT2D eigenvalue weighted by Gasteiger charge is -2.17. The molecule has 0 fully saturated rings. The molecule has 4 heteroatoms. The minimum absolute atomic E-state index is 0.0311. The van der Waals surface area contributed by atoms with Gasteiger partial charge < -0.3 is 9.32 Å². The summed E-state index contributed by atoms with van der Waals surface area (Å²) in [6.07, 6.45) is 0.248. The molecule has 0 spiro atoms. The molecule has 1 heterocycles. The molecule has 1 aromatic heterocycles. The number of aryl methyl sites for hydroxylation is 1. The molecule has 0 bridgehead atoms. The van der Waals surface area contributed by atoms with Crippen molar-refractivity contribution in [3.8, 4) is 0 Å². The second-order valence-electron chi connectivity index (χ2n) is 6.69. The quantitative estimate of drug-likeness (QED) is 0.868. The summed E-state index contributed by atoms with van der Waals surface area (Å²) >= 11 is 0. The van der Waals surface area contributed by atoms with Crippen LogP contribution in [-0.4, -0.2) is 22.8 Å². The molecule has 0 aliphatic rings. The highest BCUT2D eigenvalue weighted by Crippen LogP contribution is 2.24. The minimum atomic E-state index is -0.151. The van der Waals surface area contributed by atoms with E-state index >= 15 is 0 Å². The first-order valence-electron chi connectivity index (χ1n) is 7.52. The number of benzene rings is 1. The topological polar surface area (TPSA) is 46.3 Å². The van der Waals surface area contributed by atoms with Crippen molar-refractivity contribution in [3.63, 3.8) is 0 Å². The molecule has 0 aliphatic carbocycles. The van der Waals surface area contributed by atoms with Crippen LogP contribution in [0.3, 0.4) is 0 Å².